The van der Waals surface area contributed by atoms with Crippen LogP contribution >= 0.6 is 0 Å². The Balaban J connectivity index is 0.00000259. The van der Waals surface area contributed by atoms with Crippen molar-refractivity contribution in [2.45, 2.75) is 13.8 Å². The number of pyridine rings is 2. The van der Waals surface area contributed by atoms with Crippen LogP contribution in [-0.2, 0) is 21.1 Å². The zero-order valence-corrected chi connectivity index (χ0v) is 19.3. The maximum absolute atomic E-state index is 14.6. The fraction of sp³-hybridized carbons (Fsp3) is 0.0833. The average Bonchev–Trinajstić information content (AvgIpc) is 2.70. The van der Waals surface area contributed by atoms with Gasteiger partial charge >= 0.3 is 21.1 Å². The summed E-state index contributed by atoms with van der Waals surface area (Å²) in [6, 6.07) is 12.4. The van der Waals surface area contributed by atoms with Crippen LogP contribution in [0.2, 0.25) is 0 Å². The van der Waals surface area contributed by atoms with Gasteiger partial charge in [0.15, 0.2) is 0 Å². The first-order valence-electron chi connectivity index (χ1n) is 9.43. The Morgan fingerprint density at radius 3 is 1.39 bits per heavy atom. The molecule has 0 N–H and O–H groups in total. The van der Waals surface area contributed by atoms with Gasteiger partial charge in [0, 0.05) is 23.8 Å². The molecular formula is C24H12F4N2O2Pt. The van der Waals surface area contributed by atoms with Crippen LogP contribution in [0.4, 0.5) is 17.6 Å². The quantitative estimate of drug-likeness (QED) is 0.145. The number of hydrogen-bond donors (Lipinski definition) is 0. The molecule has 1 aliphatic heterocycles. The summed E-state index contributed by atoms with van der Waals surface area (Å²) >= 11 is 0. The Hall–Kier alpha value is -3.25. The van der Waals surface area contributed by atoms with Crippen LogP contribution in [0.1, 0.15) is 11.1 Å². The summed E-state index contributed by atoms with van der Waals surface area (Å²) in [5.74, 6) is -4.89. The first-order valence-corrected chi connectivity index (χ1v) is 9.43. The van der Waals surface area contributed by atoms with Crippen molar-refractivity contribution in [1.82, 2.24) is 9.97 Å². The maximum Gasteiger partial charge on any atom is 2.00 e. The van der Waals surface area contributed by atoms with Gasteiger partial charge in [0.05, 0.1) is 23.1 Å². The number of halogens is 4. The van der Waals surface area contributed by atoms with E-state index in [1.165, 1.54) is 24.3 Å². The van der Waals surface area contributed by atoms with Crippen molar-refractivity contribution in [3.63, 3.8) is 0 Å². The Labute approximate surface area is 200 Å². The van der Waals surface area contributed by atoms with Gasteiger partial charge in [0.1, 0.15) is 0 Å². The van der Waals surface area contributed by atoms with Crippen molar-refractivity contribution in [2.24, 2.45) is 0 Å². The van der Waals surface area contributed by atoms with E-state index >= 15 is 0 Å². The molecule has 2 aromatic carbocycles. The van der Waals surface area contributed by atoms with E-state index in [2.05, 4.69) is 22.1 Å². The number of aryl methyl sites for hydroxylation is 2. The summed E-state index contributed by atoms with van der Waals surface area (Å²) in [6.07, 6.45) is 0. The van der Waals surface area contributed by atoms with Crippen molar-refractivity contribution in [1.29, 1.82) is 0 Å². The van der Waals surface area contributed by atoms with E-state index in [9.17, 15) is 17.6 Å². The third kappa shape index (κ3) is 4.35. The van der Waals surface area contributed by atoms with Gasteiger partial charge < -0.3 is 9.47 Å². The van der Waals surface area contributed by atoms with Crippen molar-refractivity contribution in [2.75, 3.05) is 0 Å². The number of fused-ring (bicyclic) bond motifs is 10. The Kier molecular flexibility index (Phi) is 5.97. The predicted molar refractivity (Wildman–Crippen MR) is 106 cm³/mol. The molecule has 0 atom stereocenters. The summed E-state index contributed by atoms with van der Waals surface area (Å²) in [4.78, 5) is 8.36. The minimum atomic E-state index is -1.01. The van der Waals surface area contributed by atoms with Crippen molar-refractivity contribution in [3.8, 4) is 45.8 Å². The van der Waals surface area contributed by atoms with E-state index in [1.807, 2.05) is 0 Å². The first kappa shape index (κ1) is 22.9. The van der Waals surface area contributed by atoms with Crippen LogP contribution in [0.25, 0.3) is 22.5 Å². The topological polar surface area (TPSA) is 44.2 Å². The SMILES string of the molecule is Cc1cc2nc(c1)-c1[c-]c(c(F)cc1F)Oc1cc(C)cc(n1)-c1[c-]c(c(F)cc1F)O2.[Pt+2]. The Morgan fingerprint density at radius 1 is 0.606 bits per heavy atom. The molecule has 4 nitrogen and oxygen atoms in total. The molecule has 9 heteroatoms. The number of aromatic nitrogens is 2. The van der Waals surface area contributed by atoms with Crippen molar-refractivity contribution < 1.29 is 48.1 Å². The summed E-state index contributed by atoms with van der Waals surface area (Å²) < 4.78 is 69.2. The molecule has 0 radical (unpaired) electrons. The largest absolute Gasteiger partial charge is 2.00 e. The summed E-state index contributed by atoms with van der Waals surface area (Å²) in [7, 11) is 0. The molecule has 8 bridgehead atoms. The molecule has 33 heavy (non-hydrogen) atoms. The predicted octanol–water partition coefficient (Wildman–Crippen LogP) is 6.48. The van der Waals surface area contributed by atoms with Gasteiger partial charge in [-0.25, -0.2) is 0 Å². The summed E-state index contributed by atoms with van der Waals surface area (Å²) in [6.45, 7) is 3.38. The zero-order chi connectivity index (χ0) is 22.6. The molecular weight excluding hydrogens is 619 g/mol. The van der Waals surface area contributed by atoms with Gasteiger partial charge in [-0.2, -0.15) is 0 Å². The van der Waals surface area contributed by atoms with Crippen LogP contribution in [-0.4, -0.2) is 9.97 Å². The number of rotatable bonds is 0. The summed E-state index contributed by atoms with van der Waals surface area (Å²) in [5, 5.41) is 0. The average molecular weight is 631 g/mol. The first-order chi connectivity index (χ1) is 15.3. The third-order valence-electron chi connectivity index (χ3n) is 4.71. The van der Waals surface area contributed by atoms with Gasteiger partial charge in [-0.3, -0.25) is 27.5 Å². The number of hydrogen-bond acceptors (Lipinski definition) is 4. The summed E-state index contributed by atoms with van der Waals surface area (Å²) in [5.41, 5.74) is 0.956. The Morgan fingerprint density at radius 2 is 1.00 bits per heavy atom. The maximum atomic E-state index is 14.6. The van der Waals surface area contributed by atoms with E-state index in [1.54, 1.807) is 13.8 Å². The second kappa shape index (κ2) is 8.59. The zero-order valence-electron chi connectivity index (χ0n) is 17.0. The number of benzene rings is 2. The smallest absolute Gasteiger partial charge is 0.457 e. The van der Waals surface area contributed by atoms with Gasteiger partial charge in [-0.05, 0) is 25.2 Å². The number of ether oxygens (including phenoxy) is 2. The van der Waals surface area contributed by atoms with Gasteiger partial charge in [-0.1, -0.05) is 58.7 Å². The molecule has 168 valence electrons. The van der Waals surface area contributed by atoms with Crippen LogP contribution in [0.15, 0.2) is 36.4 Å². The molecule has 2 aromatic heterocycles. The molecule has 0 spiro atoms. The van der Waals surface area contributed by atoms with Gasteiger partial charge in [0.25, 0.3) is 0 Å². The van der Waals surface area contributed by atoms with E-state index in [-0.39, 0.29) is 55.3 Å². The van der Waals surface area contributed by atoms with Crippen molar-refractivity contribution in [3.05, 3.63) is 82.9 Å². The molecule has 0 amide bonds. The van der Waals surface area contributed by atoms with Crippen LogP contribution in [0.5, 0.6) is 23.3 Å². The van der Waals surface area contributed by atoms with E-state index in [4.69, 9.17) is 9.47 Å². The van der Waals surface area contributed by atoms with Crippen LogP contribution in [0.3, 0.4) is 0 Å². The van der Waals surface area contributed by atoms with Crippen LogP contribution in [0, 0.1) is 49.2 Å². The molecule has 0 unspecified atom stereocenters. The fourth-order valence-electron chi connectivity index (χ4n) is 3.33. The van der Waals surface area contributed by atoms with E-state index in [0.717, 1.165) is 0 Å². The number of nitrogens with zero attached hydrogens (tertiary/aromatic N) is 2. The second-order valence-corrected chi connectivity index (χ2v) is 7.28. The second-order valence-electron chi connectivity index (χ2n) is 7.28. The van der Waals surface area contributed by atoms with Crippen LogP contribution < -0.4 is 9.47 Å². The van der Waals surface area contributed by atoms with Gasteiger partial charge in [0.2, 0.25) is 11.8 Å². The molecule has 0 fully saturated rings. The minimum absolute atomic E-state index is 0. The van der Waals surface area contributed by atoms with Gasteiger partial charge in [-0.15, -0.1) is 0 Å². The molecule has 0 saturated heterocycles. The molecule has 0 saturated carbocycles. The molecule has 5 rings (SSSR count). The molecule has 0 aliphatic carbocycles. The Bertz CT molecular complexity index is 1310. The minimum Gasteiger partial charge on any atom is -0.457 e. The van der Waals surface area contributed by atoms with E-state index < -0.39 is 34.8 Å². The fourth-order valence-corrected chi connectivity index (χ4v) is 3.33. The normalized spacial score (nSPS) is 11.6. The monoisotopic (exact) mass is 631 g/mol. The standard InChI is InChI=1S/C24H12F4N2O2.Pt/c1-11-3-19-13-7-22(18(28)9-15(13)25)32-24-6-12(2)4-20(30-24)14-8-21(17(27)10-16(14)26)31-23(5-11)29-19;/h3-6,9-10H,1-2H3;/q-2;+2. The molecule has 4 aromatic rings. The van der Waals surface area contributed by atoms with Crippen molar-refractivity contribution >= 4 is 0 Å². The molecule has 1 aliphatic rings. The van der Waals surface area contributed by atoms with E-state index in [0.29, 0.717) is 23.3 Å². The molecule has 3 heterocycles. The third-order valence-corrected chi connectivity index (χ3v) is 4.71.